The third-order valence-corrected chi connectivity index (χ3v) is 7.26. The molecule has 0 bridgehead atoms. The van der Waals surface area contributed by atoms with Gasteiger partial charge in [-0.2, -0.15) is 0 Å². The Bertz CT molecular complexity index is 1230. The molecule has 1 aromatic heterocycles. The number of rotatable bonds is 17. The Labute approximate surface area is 245 Å². The maximum Gasteiger partial charge on any atom is 0.326 e. The molecule has 1 aliphatic rings. The highest BCUT2D eigenvalue weighted by Crippen LogP contribution is 2.27. The van der Waals surface area contributed by atoms with Crippen molar-refractivity contribution < 1.29 is 39.2 Å². The van der Waals surface area contributed by atoms with E-state index in [1.54, 1.807) is 24.3 Å². The molecule has 4 atom stereocenters. The quantitative estimate of drug-likeness (QED) is 0.141. The van der Waals surface area contributed by atoms with Crippen LogP contribution in [0.15, 0.2) is 24.3 Å². The number of nitrogens with zero attached hydrogens (tertiary/aromatic N) is 1. The number of benzene rings is 1. The van der Waals surface area contributed by atoms with E-state index in [-0.39, 0.29) is 43.3 Å². The molecule has 13 heteroatoms. The van der Waals surface area contributed by atoms with Gasteiger partial charge in [0, 0.05) is 36.1 Å². The van der Waals surface area contributed by atoms with Gasteiger partial charge in [0.25, 0.3) is 5.91 Å². The zero-order valence-corrected chi connectivity index (χ0v) is 24.4. The predicted molar refractivity (Wildman–Crippen MR) is 156 cm³/mol. The van der Waals surface area contributed by atoms with Crippen LogP contribution in [0.4, 0.5) is 0 Å². The van der Waals surface area contributed by atoms with Crippen molar-refractivity contribution in [3.05, 3.63) is 30.0 Å². The zero-order chi connectivity index (χ0) is 30.8. The third kappa shape index (κ3) is 9.43. The molecular weight excluding hydrogens is 546 g/mol. The van der Waals surface area contributed by atoms with E-state index in [2.05, 4.69) is 20.9 Å². The summed E-state index contributed by atoms with van der Waals surface area (Å²) in [7, 11) is 0. The van der Waals surface area contributed by atoms with Crippen molar-refractivity contribution in [2.75, 3.05) is 26.2 Å². The lowest BCUT2D eigenvalue weighted by Crippen LogP contribution is -2.46. The Hall–Kier alpha value is -3.68. The van der Waals surface area contributed by atoms with E-state index in [9.17, 15) is 34.5 Å². The molecular formula is C29H43N5O8. The normalized spacial score (nSPS) is 17.3. The van der Waals surface area contributed by atoms with Crippen molar-refractivity contribution >= 4 is 34.7 Å². The van der Waals surface area contributed by atoms with E-state index in [1.807, 2.05) is 20.8 Å². The number of carbonyl (C=O) groups excluding carboxylic acids is 2. The van der Waals surface area contributed by atoms with Gasteiger partial charge < -0.3 is 45.9 Å². The van der Waals surface area contributed by atoms with Gasteiger partial charge in [-0.25, -0.2) is 9.59 Å². The van der Waals surface area contributed by atoms with Gasteiger partial charge in [0.15, 0.2) is 0 Å². The molecule has 13 nitrogen and oxygen atoms in total. The lowest BCUT2D eigenvalue weighted by molar-refractivity contribution is -0.147. The van der Waals surface area contributed by atoms with E-state index in [0.717, 1.165) is 0 Å². The number of amides is 2. The van der Waals surface area contributed by atoms with Gasteiger partial charge in [0.1, 0.15) is 36.2 Å². The monoisotopic (exact) mass is 589 g/mol. The number of carbonyl (C=O) groups is 4. The first-order valence-corrected chi connectivity index (χ1v) is 14.4. The molecule has 2 heterocycles. The number of likely N-dealkylation sites (tertiary alicyclic amines) is 1. The van der Waals surface area contributed by atoms with E-state index in [0.29, 0.717) is 55.4 Å². The Morgan fingerprint density at radius 2 is 1.88 bits per heavy atom. The summed E-state index contributed by atoms with van der Waals surface area (Å²) in [6.07, 6.45) is 1.61. The number of carboxylic acid groups (broad SMARTS) is 2. The number of carboxylic acids is 2. The molecule has 1 aromatic carbocycles. The second-order valence-corrected chi connectivity index (χ2v) is 11.1. The molecule has 7 N–H and O–H groups in total. The predicted octanol–water partition coefficient (Wildman–Crippen LogP) is 1.31. The van der Waals surface area contributed by atoms with Crippen LogP contribution in [0, 0.1) is 0 Å². The Morgan fingerprint density at radius 1 is 1.12 bits per heavy atom. The summed E-state index contributed by atoms with van der Waals surface area (Å²) >= 11 is 0. The van der Waals surface area contributed by atoms with Crippen molar-refractivity contribution in [1.29, 1.82) is 0 Å². The first-order valence-electron chi connectivity index (χ1n) is 14.4. The first kappa shape index (κ1) is 32.8. The minimum absolute atomic E-state index is 0.00389. The van der Waals surface area contributed by atoms with E-state index in [1.165, 1.54) is 4.90 Å². The fourth-order valence-electron chi connectivity index (χ4n) is 4.90. The smallest absolute Gasteiger partial charge is 0.326 e. The van der Waals surface area contributed by atoms with Gasteiger partial charge in [-0.05, 0) is 57.2 Å². The molecule has 232 valence electrons. The highest BCUT2D eigenvalue weighted by atomic mass is 16.5. The molecule has 0 spiro atoms. The summed E-state index contributed by atoms with van der Waals surface area (Å²) in [4.78, 5) is 53.0. The number of aromatic amines is 1. The topological polar surface area (TPSA) is 193 Å². The van der Waals surface area contributed by atoms with E-state index >= 15 is 0 Å². The summed E-state index contributed by atoms with van der Waals surface area (Å²) < 4.78 is 5.79. The van der Waals surface area contributed by atoms with Gasteiger partial charge in [-0.1, -0.05) is 19.9 Å². The summed E-state index contributed by atoms with van der Waals surface area (Å²) in [6, 6.07) is 5.08. The van der Waals surface area contributed by atoms with Crippen LogP contribution >= 0.6 is 0 Å². The van der Waals surface area contributed by atoms with Crippen molar-refractivity contribution in [3.63, 3.8) is 0 Å². The average molecular weight is 590 g/mol. The minimum Gasteiger partial charge on any atom is -0.490 e. The van der Waals surface area contributed by atoms with Gasteiger partial charge in [0.2, 0.25) is 5.91 Å². The molecule has 0 saturated carbocycles. The summed E-state index contributed by atoms with van der Waals surface area (Å²) in [5, 5.41) is 38.5. The molecule has 0 aliphatic carbocycles. The molecule has 2 aromatic rings. The van der Waals surface area contributed by atoms with Gasteiger partial charge >= 0.3 is 11.9 Å². The molecule has 2 amide bonds. The van der Waals surface area contributed by atoms with Crippen LogP contribution < -0.4 is 20.7 Å². The Balaban J connectivity index is 1.49. The number of aliphatic hydroxyl groups excluding tert-OH is 1. The van der Waals surface area contributed by atoms with E-state index in [4.69, 9.17) is 4.74 Å². The summed E-state index contributed by atoms with van der Waals surface area (Å²) in [5.74, 6) is -2.50. The molecule has 0 radical (unpaired) electrons. The lowest BCUT2D eigenvalue weighted by atomic mass is 10.1. The molecule has 1 aliphatic heterocycles. The maximum absolute atomic E-state index is 12.9. The van der Waals surface area contributed by atoms with E-state index < -0.39 is 36.0 Å². The molecule has 3 rings (SSSR count). The van der Waals surface area contributed by atoms with Crippen molar-refractivity contribution in [3.8, 4) is 5.75 Å². The van der Waals surface area contributed by atoms with Gasteiger partial charge in [-0.15, -0.1) is 0 Å². The zero-order valence-electron chi connectivity index (χ0n) is 24.4. The van der Waals surface area contributed by atoms with Crippen LogP contribution in [0.2, 0.25) is 0 Å². The van der Waals surface area contributed by atoms with Crippen LogP contribution in [0.5, 0.6) is 5.75 Å². The Kier molecular flexibility index (Phi) is 12.1. The number of hydrogen-bond donors (Lipinski definition) is 7. The van der Waals surface area contributed by atoms with Gasteiger partial charge in [0.05, 0.1) is 6.54 Å². The number of hydrogen-bond acceptors (Lipinski definition) is 8. The highest BCUT2D eigenvalue weighted by Gasteiger charge is 2.33. The SMILES string of the molecule is CC(C)NC[C@H](O)COc1cccc2[nH]c(C(=O)N[C@@H](CCC[C@H](C)NCC(=O)N3CCC[C@H]3C(=O)O)C(=O)O)cc12. The van der Waals surface area contributed by atoms with Crippen molar-refractivity contribution in [1.82, 2.24) is 25.8 Å². The number of H-pyrrole nitrogens is 1. The van der Waals surface area contributed by atoms with Crippen LogP contribution in [0.3, 0.4) is 0 Å². The van der Waals surface area contributed by atoms with Crippen LogP contribution in [0.25, 0.3) is 10.9 Å². The number of ether oxygens (including phenoxy) is 1. The molecule has 42 heavy (non-hydrogen) atoms. The Morgan fingerprint density at radius 3 is 2.57 bits per heavy atom. The molecule has 1 fully saturated rings. The van der Waals surface area contributed by atoms with Crippen LogP contribution in [-0.4, -0.2) is 105 Å². The second-order valence-electron chi connectivity index (χ2n) is 11.1. The molecule has 1 saturated heterocycles. The first-order chi connectivity index (χ1) is 20.0. The standard InChI is InChI=1S/C29H43N5O8/c1-17(2)30-14-19(35)16-42-25-11-5-8-21-20(25)13-23(32-21)27(37)33-22(28(38)39)9-4-7-18(3)31-15-26(36)34-12-6-10-24(34)29(40)41/h5,8,11,13,17-19,22,24,30-32,35H,4,6-7,9-10,12,14-16H2,1-3H3,(H,33,37)(H,38,39)(H,40,41)/t18-,19-,22-,24-/m0/s1. The summed E-state index contributed by atoms with van der Waals surface area (Å²) in [5.41, 5.74) is 0.821. The number of aromatic nitrogens is 1. The number of aliphatic carboxylic acids is 2. The number of nitrogens with one attached hydrogen (secondary N) is 4. The van der Waals surface area contributed by atoms with Crippen LogP contribution in [0.1, 0.15) is 63.4 Å². The maximum atomic E-state index is 12.9. The van der Waals surface area contributed by atoms with Gasteiger partial charge in [-0.3, -0.25) is 9.59 Å². The third-order valence-electron chi connectivity index (χ3n) is 7.26. The minimum atomic E-state index is -1.16. The summed E-state index contributed by atoms with van der Waals surface area (Å²) in [6.45, 7) is 6.70. The van der Waals surface area contributed by atoms with Crippen molar-refractivity contribution in [2.45, 2.75) is 83.1 Å². The second kappa shape index (κ2) is 15.5. The fourth-order valence-corrected chi connectivity index (χ4v) is 4.90. The highest BCUT2D eigenvalue weighted by molar-refractivity contribution is 6.01. The average Bonchev–Trinajstić information content (AvgIpc) is 3.61. The number of aliphatic hydroxyl groups is 1. The van der Waals surface area contributed by atoms with Crippen LogP contribution in [-0.2, 0) is 14.4 Å². The lowest BCUT2D eigenvalue weighted by Gasteiger charge is -2.23. The largest absolute Gasteiger partial charge is 0.490 e. The molecule has 0 unspecified atom stereocenters. The number of fused-ring (bicyclic) bond motifs is 1. The fraction of sp³-hybridized carbons (Fsp3) is 0.586. The van der Waals surface area contributed by atoms with Crippen molar-refractivity contribution in [2.24, 2.45) is 0 Å².